The molecule has 25 heavy (non-hydrogen) atoms. The molecule has 0 radical (unpaired) electrons. The van der Waals surface area contributed by atoms with Gasteiger partial charge in [-0.15, -0.1) is 0 Å². The van der Waals surface area contributed by atoms with Gasteiger partial charge in [0.05, 0.1) is 28.3 Å². The average molecular weight is 351 g/mol. The van der Waals surface area contributed by atoms with Gasteiger partial charge in [0.25, 0.3) is 0 Å². The highest BCUT2D eigenvalue weighted by molar-refractivity contribution is 5.79. The topological polar surface area (TPSA) is 151 Å². The number of aromatic nitrogens is 4. The summed E-state index contributed by atoms with van der Waals surface area (Å²) in [7, 11) is 0. The molecule has 2 rings (SSSR count). The molecule has 0 bridgehead atoms. The van der Waals surface area contributed by atoms with Crippen molar-refractivity contribution in [1.29, 1.82) is 0 Å². The van der Waals surface area contributed by atoms with Gasteiger partial charge >= 0.3 is 11.5 Å². The average Bonchev–Trinajstić information content (AvgIpc) is 3.10. The van der Waals surface area contributed by atoms with E-state index in [1.54, 1.807) is 13.8 Å². The molecule has 1 atom stereocenters. The van der Waals surface area contributed by atoms with Gasteiger partial charge < -0.3 is 15.4 Å². The largest absolute Gasteiger partial charge is 0.390 e. The van der Waals surface area contributed by atoms with Crippen molar-refractivity contribution in [3.05, 3.63) is 43.9 Å². The number of aryl methyl sites for hydroxylation is 2. The van der Waals surface area contributed by atoms with Gasteiger partial charge in [-0.2, -0.15) is 9.78 Å². The summed E-state index contributed by atoms with van der Waals surface area (Å²) in [6.45, 7) is 5.19. The van der Waals surface area contributed by atoms with E-state index >= 15 is 0 Å². The Labute approximate surface area is 141 Å². The van der Waals surface area contributed by atoms with E-state index in [9.17, 15) is 25.0 Å². The third-order valence-corrected chi connectivity index (χ3v) is 3.64. The summed E-state index contributed by atoms with van der Waals surface area (Å²) in [6.07, 6.45) is 1.21. The van der Waals surface area contributed by atoms with Gasteiger partial charge in [0, 0.05) is 6.54 Å². The van der Waals surface area contributed by atoms with Crippen LogP contribution in [0, 0.1) is 34.1 Å². The van der Waals surface area contributed by atoms with Crippen molar-refractivity contribution >= 4 is 17.4 Å². The van der Waals surface area contributed by atoms with Crippen molar-refractivity contribution in [1.82, 2.24) is 24.9 Å². The number of nitrogens with one attached hydrogen (secondary N) is 1. The molecule has 2 heterocycles. The zero-order chi connectivity index (χ0) is 18.7. The predicted octanol–water partition coefficient (Wildman–Crippen LogP) is 0.890. The summed E-state index contributed by atoms with van der Waals surface area (Å²) in [5, 5.41) is 32.0. The molecule has 2 aromatic rings. The molecule has 134 valence electrons. The molecule has 12 nitrogen and oxygen atoms in total. The molecule has 0 aliphatic heterocycles. The Hall–Kier alpha value is -3.31. The van der Waals surface area contributed by atoms with E-state index < -0.39 is 15.9 Å². The molecule has 0 spiro atoms. The fraction of sp³-hybridized carbons (Fsp3) is 0.462. The summed E-state index contributed by atoms with van der Waals surface area (Å²) in [5.41, 5.74) is 0.676. The molecule has 2 aromatic heterocycles. The molecule has 0 aliphatic rings. The quantitative estimate of drug-likeness (QED) is 0.574. The lowest BCUT2D eigenvalue weighted by Gasteiger charge is -2.12. The standard InChI is InChI=1S/C13H17N7O5/c1-8-6-12(20(24)25)16-17(8)5-4-14-13(21)10(3)18-7-11(19(22)23)9(2)15-18/h6-7,10H,4-5H2,1-3H3,(H,14,21). The highest BCUT2D eigenvalue weighted by Crippen LogP contribution is 2.18. The zero-order valence-electron chi connectivity index (χ0n) is 13.9. The molecule has 1 amide bonds. The van der Waals surface area contributed by atoms with E-state index in [1.165, 1.54) is 28.6 Å². The van der Waals surface area contributed by atoms with Crippen LogP contribution in [0.2, 0.25) is 0 Å². The zero-order valence-corrected chi connectivity index (χ0v) is 13.9. The number of carbonyl (C=O) groups excluding carboxylic acids is 1. The van der Waals surface area contributed by atoms with Crippen LogP contribution in [-0.4, -0.2) is 41.9 Å². The molecule has 1 unspecified atom stereocenters. The molecule has 0 fully saturated rings. The second kappa shape index (κ2) is 7.07. The molecular weight excluding hydrogens is 334 g/mol. The lowest BCUT2D eigenvalue weighted by molar-refractivity contribution is -0.389. The lowest BCUT2D eigenvalue weighted by Crippen LogP contribution is -2.33. The van der Waals surface area contributed by atoms with E-state index in [1.807, 2.05) is 0 Å². The Morgan fingerprint density at radius 1 is 1.28 bits per heavy atom. The highest BCUT2D eigenvalue weighted by Gasteiger charge is 2.22. The minimum Gasteiger partial charge on any atom is -0.358 e. The number of nitrogens with zero attached hydrogens (tertiary/aromatic N) is 6. The Kier molecular flexibility index (Phi) is 5.10. The second-order valence-corrected chi connectivity index (χ2v) is 5.43. The second-order valence-electron chi connectivity index (χ2n) is 5.43. The first-order valence-corrected chi connectivity index (χ1v) is 7.37. The molecule has 1 N–H and O–H groups in total. The third-order valence-electron chi connectivity index (χ3n) is 3.64. The minimum absolute atomic E-state index is 0.154. The van der Waals surface area contributed by atoms with Crippen LogP contribution < -0.4 is 5.32 Å². The van der Waals surface area contributed by atoms with Crippen LogP contribution in [0.3, 0.4) is 0 Å². The van der Waals surface area contributed by atoms with Crippen molar-refractivity contribution < 1.29 is 14.6 Å². The van der Waals surface area contributed by atoms with Crippen molar-refractivity contribution in [2.75, 3.05) is 6.54 Å². The summed E-state index contributed by atoms with van der Waals surface area (Å²) in [4.78, 5) is 32.5. The van der Waals surface area contributed by atoms with Gasteiger partial charge in [0.1, 0.15) is 17.9 Å². The Balaban J connectivity index is 1.95. The van der Waals surface area contributed by atoms with Crippen LogP contribution in [0.15, 0.2) is 12.3 Å². The van der Waals surface area contributed by atoms with Crippen LogP contribution in [0.4, 0.5) is 11.5 Å². The molecule has 0 saturated carbocycles. The Morgan fingerprint density at radius 2 is 1.96 bits per heavy atom. The van der Waals surface area contributed by atoms with Crippen LogP contribution in [0.25, 0.3) is 0 Å². The molecular formula is C13H17N7O5. The predicted molar refractivity (Wildman–Crippen MR) is 85.0 cm³/mol. The molecule has 0 aliphatic carbocycles. The SMILES string of the molecule is Cc1nn(C(C)C(=O)NCCn2nc([N+](=O)[O-])cc2C)cc1[N+](=O)[O-]. The van der Waals surface area contributed by atoms with Gasteiger partial charge in [0.2, 0.25) is 5.91 Å². The van der Waals surface area contributed by atoms with Gasteiger partial charge in [-0.25, -0.2) is 0 Å². The van der Waals surface area contributed by atoms with Crippen LogP contribution >= 0.6 is 0 Å². The Bertz CT molecular complexity index is 825. The van der Waals surface area contributed by atoms with E-state index in [0.29, 0.717) is 5.69 Å². The van der Waals surface area contributed by atoms with Gasteiger partial charge in [-0.3, -0.25) is 19.6 Å². The number of carbonyl (C=O) groups is 1. The molecule has 0 saturated heterocycles. The van der Waals surface area contributed by atoms with Crippen LogP contribution in [0.5, 0.6) is 0 Å². The number of amides is 1. The maximum Gasteiger partial charge on any atom is 0.390 e. The third kappa shape index (κ3) is 3.97. The summed E-state index contributed by atoms with van der Waals surface area (Å²) in [5.74, 6) is -0.631. The first-order chi connectivity index (χ1) is 11.7. The monoisotopic (exact) mass is 351 g/mol. The van der Waals surface area contributed by atoms with E-state index in [2.05, 4.69) is 15.5 Å². The molecule has 0 aromatic carbocycles. The maximum absolute atomic E-state index is 12.1. The van der Waals surface area contributed by atoms with E-state index in [0.717, 1.165) is 0 Å². The van der Waals surface area contributed by atoms with Crippen molar-refractivity contribution in [2.24, 2.45) is 0 Å². The molecule has 12 heteroatoms. The lowest BCUT2D eigenvalue weighted by atomic mass is 10.3. The number of rotatable bonds is 7. The number of hydrogen-bond donors (Lipinski definition) is 1. The van der Waals surface area contributed by atoms with Crippen molar-refractivity contribution in [3.63, 3.8) is 0 Å². The van der Waals surface area contributed by atoms with Crippen LogP contribution in [-0.2, 0) is 11.3 Å². The first-order valence-electron chi connectivity index (χ1n) is 7.37. The van der Waals surface area contributed by atoms with Gasteiger partial charge in [-0.1, -0.05) is 0 Å². The summed E-state index contributed by atoms with van der Waals surface area (Å²) < 4.78 is 2.65. The van der Waals surface area contributed by atoms with Crippen molar-refractivity contribution in [2.45, 2.75) is 33.4 Å². The first kappa shape index (κ1) is 18.0. The van der Waals surface area contributed by atoms with E-state index in [4.69, 9.17) is 0 Å². The van der Waals surface area contributed by atoms with Gasteiger partial charge in [0.15, 0.2) is 0 Å². The minimum atomic E-state index is -0.736. The van der Waals surface area contributed by atoms with Gasteiger partial charge in [-0.05, 0) is 25.7 Å². The summed E-state index contributed by atoms with van der Waals surface area (Å²) >= 11 is 0. The smallest absolute Gasteiger partial charge is 0.358 e. The van der Waals surface area contributed by atoms with E-state index in [-0.39, 0.29) is 36.2 Å². The number of nitro groups is 2. The number of hydrogen-bond acceptors (Lipinski definition) is 7. The highest BCUT2D eigenvalue weighted by atomic mass is 16.6. The maximum atomic E-state index is 12.1. The van der Waals surface area contributed by atoms with Crippen LogP contribution in [0.1, 0.15) is 24.4 Å². The summed E-state index contributed by atoms with van der Waals surface area (Å²) in [6, 6.07) is 0.608. The normalized spacial score (nSPS) is 12.0. The van der Waals surface area contributed by atoms with Crippen molar-refractivity contribution in [3.8, 4) is 0 Å². The Morgan fingerprint density at radius 3 is 2.48 bits per heavy atom. The fourth-order valence-electron chi connectivity index (χ4n) is 2.21. The fourth-order valence-corrected chi connectivity index (χ4v) is 2.21.